The van der Waals surface area contributed by atoms with E-state index >= 15 is 0 Å². The lowest BCUT2D eigenvalue weighted by Crippen LogP contribution is -2.58. The highest BCUT2D eigenvalue weighted by Gasteiger charge is 2.47. The van der Waals surface area contributed by atoms with Crippen molar-refractivity contribution in [3.8, 4) is 0 Å². The Morgan fingerprint density at radius 3 is 1.92 bits per heavy atom. The summed E-state index contributed by atoms with van der Waals surface area (Å²) < 4.78 is 35.2. The maximum Gasteiger partial charge on any atom is 0.332 e. The van der Waals surface area contributed by atoms with Gasteiger partial charge in [0.25, 0.3) is 0 Å². The number of hydrogen-bond acceptors (Lipinski definition) is 5. The molecule has 2 atom stereocenters. The van der Waals surface area contributed by atoms with Gasteiger partial charge >= 0.3 is 5.97 Å². The number of aliphatic imine (C=N–C) groups is 1. The van der Waals surface area contributed by atoms with Gasteiger partial charge in [-0.05, 0) is 31.9 Å². The minimum atomic E-state index is -4.03. The number of ether oxygens (including phenoxy) is 1. The summed E-state index contributed by atoms with van der Waals surface area (Å²) in [4.78, 5) is 17.4. The molecule has 6 nitrogen and oxygen atoms in total. The summed E-state index contributed by atoms with van der Waals surface area (Å²) in [6, 6.07) is 23.3. The van der Waals surface area contributed by atoms with Gasteiger partial charge in [-0.3, -0.25) is 4.99 Å². The maximum absolute atomic E-state index is 13.6. The van der Waals surface area contributed by atoms with Crippen molar-refractivity contribution in [3.63, 3.8) is 0 Å². The van der Waals surface area contributed by atoms with E-state index in [1.165, 1.54) is 7.11 Å². The maximum atomic E-state index is 13.6. The lowest BCUT2D eigenvalue weighted by molar-refractivity contribution is -0.143. The number of esters is 1. The highest BCUT2D eigenvalue weighted by atomic mass is 35.5. The molecule has 200 valence electrons. The third-order valence-electron chi connectivity index (χ3n) is 6.98. The van der Waals surface area contributed by atoms with E-state index in [1.807, 2.05) is 67.6 Å². The SMILES string of the molecule is COC(=O)[C@H](N=C(c1ccccc1)c1ccccc1)[C@H](NS(=O)(=O)c1ccc(C)cc1)C1(Cl)CCCCC1. The van der Waals surface area contributed by atoms with E-state index in [-0.39, 0.29) is 4.90 Å². The first-order valence-electron chi connectivity index (χ1n) is 12.8. The van der Waals surface area contributed by atoms with E-state index in [2.05, 4.69) is 4.72 Å². The van der Waals surface area contributed by atoms with Gasteiger partial charge in [-0.25, -0.2) is 17.9 Å². The van der Waals surface area contributed by atoms with Crippen LogP contribution >= 0.6 is 11.6 Å². The monoisotopic (exact) mass is 552 g/mol. The molecule has 1 saturated carbocycles. The van der Waals surface area contributed by atoms with Gasteiger partial charge in [-0.1, -0.05) is 97.6 Å². The Morgan fingerprint density at radius 2 is 1.42 bits per heavy atom. The zero-order valence-electron chi connectivity index (χ0n) is 21.6. The standard InChI is InChI=1S/C30H33ClN2O4S/c1-22-16-18-25(19-17-22)38(35,36)33-28(30(31)20-10-5-11-21-30)27(29(34)37-2)32-26(23-12-6-3-7-13-23)24-14-8-4-9-15-24/h3-4,6-9,12-19,27-28,33H,5,10-11,20-21H2,1-2H3/t27-,28+/m1/s1. The van der Waals surface area contributed by atoms with Crippen molar-refractivity contribution in [3.05, 3.63) is 102 Å². The van der Waals surface area contributed by atoms with Crippen LogP contribution in [0, 0.1) is 6.92 Å². The van der Waals surface area contributed by atoms with E-state index in [0.29, 0.717) is 18.6 Å². The van der Waals surface area contributed by atoms with E-state index in [9.17, 15) is 13.2 Å². The molecule has 3 aromatic carbocycles. The largest absolute Gasteiger partial charge is 0.467 e. The molecule has 4 rings (SSSR count). The Morgan fingerprint density at radius 1 is 0.895 bits per heavy atom. The predicted molar refractivity (Wildman–Crippen MR) is 151 cm³/mol. The Hall–Kier alpha value is -3.00. The Labute approximate surface area is 230 Å². The number of nitrogens with zero attached hydrogens (tertiary/aromatic N) is 1. The Balaban J connectivity index is 1.87. The fourth-order valence-electron chi connectivity index (χ4n) is 4.89. The highest BCUT2D eigenvalue weighted by molar-refractivity contribution is 7.89. The van der Waals surface area contributed by atoms with Gasteiger partial charge in [-0.15, -0.1) is 11.6 Å². The normalized spacial score (nSPS) is 16.7. The molecule has 0 amide bonds. The summed E-state index contributed by atoms with van der Waals surface area (Å²) in [5.41, 5.74) is 3.08. The number of nitrogens with one attached hydrogen (secondary N) is 1. The molecule has 8 heteroatoms. The molecule has 1 N–H and O–H groups in total. The van der Waals surface area contributed by atoms with Gasteiger partial charge in [0.15, 0.2) is 6.04 Å². The van der Waals surface area contributed by atoms with Crippen LogP contribution in [0.3, 0.4) is 0 Å². The highest BCUT2D eigenvalue weighted by Crippen LogP contribution is 2.40. The number of benzene rings is 3. The molecule has 0 aromatic heterocycles. The summed E-state index contributed by atoms with van der Waals surface area (Å²) in [7, 11) is -2.75. The molecule has 0 spiro atoms. The number of carbonyl (C=O) groups excluding carboxylic acids is 1. The number of carbonyl (C=O) groups is 1. The lowest BCUT2D eigenvalue weighted by Gasteiger charge is -2.40. The first kappa shape index (κ1) is 28.0. The first-order valence-corrected chi connectivity index (χ1v) is 14.6. The van der Waals surface area contributed by atoms with Crippen molar-refractivity contribution in [1.29, 1.82) is 0 Å². The van der Waals surface area contributed by atoms with Crippen molar-refractivity contribution in [2.45, 2.75) is 60.9 Å². The molecule has 38 heavy (non-hydrogen) atoms. The number of alkyl halides is 1. The van der Waals surface area contributed by atoms with Gasteiger partial charge in [0.1, 0.15) is 0 Å². The molecule has 0 radical (unpaired) electrons. The van der Waals surface area contributed by atoms with E-state index < -0.39 is 33.0 Å². The summed E-state index contributed by atoms with van der Waals surface area (Å²) >= 11 is 7.23. The zero-order valence-corrected chi connectivity index (χ0v) is 23.2. The molecule has 0 aliphatic heterocycles. The average molecular weight is 553 g/mol. The molecule has 1 aliphatic carbocycles. The van der Waals surface area contributed by atoms with E-state index in [1.54, 1.807) is 24.3 Å². The summed E-state index contributed by atoms with van der Waals surface area (Å²) in [5, 5.41) is 0. The van der Waals surface area contributed by atoms with Crippen LogP contribution in [0.4, 0.5) is 0 Å². The fourth-order valence-corrected chi connectivity index (χ4v) is 6.71. The van der Waals surface area contributed by atoms with Crippen LogP contribution in [-0.4, -0.2) is 44.2 Å². The average Bonchev–Trinajstić information content (AvgIpc) is 2.94. The van der Waals surface area contributed by atoms with Crippen LogP contribution in [0.15, 0.2) is 94.8 Å². The first-order chi connectivity index (χ1) is 18.2. The number of methoxy groups -OCH3 is 1. The van der Waals surface area contributed by atoms with Crippen LogP contribution in [0.2, 0.25) is 0 Å². The number of sulfonamides is 1. The second-order valence-corrected chi connectivity index (χ2v) is 12.2. The fraction of sp³-hybridized carbons (Fsp3) is 0.333. The predicted octanol–water partition coefficient (Wildman–Crippen LogP) is 5.66. The Bertz CT molecular complexity index is 1310. The summed E-state index contributed by atoms with van der Waals surface area (Å²) in [6.07, 6.45) is 3.74. The van der Waals surface area contributed by atoms with Crippen LogP contribution in [0.25, 0.3) is 0 Å². The van der Waals surface area contributed by atoms with Gasteiger partial charge in [0.05, 0.1) is 28.6 Å². The molecule has 0 bridgehead atoms. The van der Waals surface area contributed by atoms with Crippen molar-refractivity contribution in [2.24, 2.45) is 4.99 Å². The molecule has 0 heterocycles. The molecule has 1 aliphatic rings. The van der Waals surface area contributed by atoms with E-state index in [0.717, 1.165) is 36.0 Å². The van der Waals surface area contributed by atoms with Gasteiger partial charge in [0, 0.05) is 11.1 Å². The summed E-state index contributed by atoms with van der Waals surface area (Å²) in [6.45, 7) is 1.89. The van der Waals surface area contributed by atoms with E-state index in [4.69, 9.17) is 21.3 Å². The van der Waals surface area contributed by atoms with Gasteiger partial charge in [-0.2, -0.15) is 0 Å². The lowest BCUT2D eigenvalue weighted by atomic mass is 9.80. The second kappa shape index (κ2) is 12.2. The van der Waals surface area contributed by atoms with Crippen LogP contribution in [0.1, 0.15) is 48.8 Å². The number of aryl methyl sites for hydroxylation is 1. The second-order valence-electron chi connectivity index (χ2n) is 9.69. The van der Waals surface area contributed by atoms with Gasteiger partial charge < -0.3 is 4.74 Å². The topological polar surface area (TPSA) is 84.8 Å². The zero-order chi connectivity index (χ0) is 27.2. The number of rotatable bonds is 9. The minimum absolute atomic E-state index is 0.100. The smallest absolute Gasteiger partial charge is 0.332 e. The van der Waals surface area contributed by atoms with Crippen molar-refractivity contribution < 1.29 is 17.9 Å². The summed E-state index contributed by atoms with van der Waals surface area (Å²) in [5.74, 6) is -0.656. The van der Waals surface area contributed by atoms with Crippen molar-refractivity contribution in [2.75, 3.05) is 7.11 Å². The quantitative estimate of drug-likeness (QED) is 0.211. The number of hydrogen-bond donors (Lipinski definition) is 1. The van der Waals surface area contributed by atoms with Crippen LogP contribution in [0.5, 0.6) is 0 Å². The molecular formula is C30H33ClN2O4S. The molecule has 0 saturated heterocycles. The van der Waals surface area contributed by atoms with Crippen molar-refractivity contribution >= 4 is 33.3 Å². The van der Waals surface area contributed by atoms with Crippen LogP contribution < -0.4 is 4.72 Å². The van der Waals surface area contributed by atoms with Crippen LogP contribution in [-0.2, 0) is 19.6 Å². The third-order valence-corrected chi connectivity index (χ3v) is 9.05. The van der Waals surface area contributed by atoms with Crippen molar-refractivity contribution in [1.82, 2.24) is 4.72 Å². The Kier molecular flexibility index (Phi) is 9.03. The molecular weight excluding hydrogens is 520 g/mol. The van der Waals surface area contributed by atoms with Gasteiger partial charge in [0.2, 0.25) is 10.0 Å². The molecule has 3 aromatic rings. The molecule has 0 unspecified atom stereocenters. The molecule has 1 fully saturated rings. The minimum Gasteiger partial charge on any atom is -0.467 e. The third kappa shape index (κ3) is 6.52. The number of halogens is 1.